The zero-order valence-corrected chi connectivity index (χ0v) is 12.0. The van der Waals surface area contributed by atoms with Crippen molar-refractivity contribution in [3.63, 3.8) is 0 Å². The van der Waals surface area contributed by atoms with Gasteiger partial charge in [0.2, 0.25) is 0 Å². The van der Waals surface area contributed by atoms with E-state index in [9.17, 15) is 4.79 Å². The maximum absolute atomic E-state index is 11.9. The molecule has 1 aromatic heterocycles. The number of thiazole rings is 1. The summed E-state index contributed by atoms with van der Waals surface area (Å²) in [4.78, 5) is 16.6. The van der Waals surface area contributed by atoms with E-state index in [4.69, 9.17) is 0 Å². The minimum atomic E-state index is 0.0194. The van der Waals surface area contributed by atoms with Crippen LogP contribution >= 0.6 is 11.3 Å². The molecular formula is C16H16N2OS. The molecular weight excluding hydrogens is 268 g/mol. The van der Waals surface area contributed by atoms with E-state index < -0.39 is 0 Å². The van der Waals surface area contributed by atoms with Crippen LogP contribution in [0.1, 0.15) is 34.5 Å². The molecule has 1 heterocycles. The average Bonchev–Trinajstić information content (AvgIpc) is 2.90. The molecule has 2 bridgehead atoms. The van der Waals surface area contributed by atoms with Crippen LogP contribution in [0.2, 0.25) is 0 Å². The van der Waals surface area contributed by atoms with E-state index >= 15 is 0 Å². The van der Waals surface area contributed by atoms with E-state index in [1.165, 1.54) is 36.2 Å². The second kappa shape index (κ2) is 4.16. The van der Waals surface area contributed by atoms with Gasteiger partial charge in [-0.05, 0) is 35.7 Å². The van der Waals surface area contributed by atoms with Crippen molar-refractivity contribution in [2.75, 3.05) is 6.54 Å². The highest BCUT2D eigenvalue weighted by Gasteiger charge is 2.67. The molecule has 1 amide bonds. The van der Waals surface area contributed by atoms with Crippen molar-refractivity contribution in [2.45, 2.75) is 24.7 Å². The number of carbonyl (C=O) groups excluding carboxylic acids is 1. The van der Waals surface area contributed by atoms with Crippen molar-refractivity contribution < 1.29 is 4.79 Å². The van der Waals surface area contributed by atoms with Gasteiger partial charge in [-0.2, -0.15) is 0 Å². The maximum Gasteiger partial charge on any atom is 0.263 e. The third kappa shape index (κ3) is 1.71. The summed E-state index contributed by atoms with van der Waals surface area (Å²) in [5.74, 6) is 0.0194. The molecule has 20 heavy (non-hydrogen) atoms. The molecule has 0 unspecified atom stereocenters. The van der Waals surface area contributed by atoms with Gasteiger partial charge in [0.25, 0.3) is 5.91 Å². The highest BCUT2D eigenvalue weighted by Crippen LogP contribution is 2.73. The van der Waals surface area contributed by atoms with Gasteiger partial charge >= 0.3 is 0 Å². The highest BCUT2D eigenvalue weighted by atomic mass is 32.1. The minimum Gasteiger partial charge on any atom is -0.351 e. The first-order valence-electron chi connectivity index (χ1n) is 6.94. The first-order chi connectivity index (χ1) is 9.72. The SMILES string of the molecule is O=C(NCC12CC(c3ccccc3)(C1)C2)c1cncs1. The number of rotatable bonds is 4. The molecule has 3 nitrogen and oxygen atoms in total. The Bertz CT molecular complexity index is 616. The molecule has 1 N–H and O–H groups in total. The second-order valence-corrected chi connectivity index (χ2v) is 7.11. The molecule has 3 aliphatic rings. The van der Waals surface area contributed by atoms with Crippen LogP contribution in [0.3, 0.4) is 0 Å². The van der Waals surface area contributed by atoms with Crippen molar-refractivity contribution >= 4 is 17.2 Å². The lowest BCUT2D eigenvalue weighted by atomic mass is 9.33. The van der Waals surface area contributed by atoms with Crippen LogP contribution < -0.4 is 5.32 Å². The smallest absolute Gasteiger partial charge is 0.263 e. The zero-order chi connectivity index (χ0) is 13.6. The summed E-state index contributed by atoms with van der Waals surface area (Å²) in [6.07, 6.45) is 5.28. The molecule has 4 heteroatoms. The van der Waals surface area contributed by atoms with Crippen LogP contribution in [-0.2, 0) is 5.41 Å². The zero-order valence-electron chi connectivity index (χ0n) is 11.1. The van der Waals surface area contributed by atoms with Crippen LogP contribution in [0.5, 0.6) is 0 Å². The lowest BCUT2D eigenvalue weighted by Crippen LogP contribution is -2.68. The number of amides is 1. The largest absolute Gasteiger partial charge is 0.351 e. The number of nitrogens with zero attached hydrogens (tertiary/aromatic N) is 1. The first kappa shape index (κ1) is 12.1. The van der Waals surface area contributed by atoms with Crippen molar-refractivity contribution in [1.29, 1.82) is 0 Å². The standard InChI is InChI=1S/C16H16N2OS/c19-14(13-6-17-11-20-13)18-10-15-7-16(8-15,9-15)12-4-2-1-3-5-12/h1-6,11H,7-10H2,(H,18,19). The summed E-state index contributed by atoms with van der Waals surface area (Å²) in [5.41, 5.74) is 3.93. The third-order valence-electron chi connectivity index (χ3n) is 4.81. The summed E-state index contributed by atoms with van der Waals surface area (Å²) in [5, 5.41) is 3.07. The van der Waals surface area contributed by atoms with E-state index in [1.54, 1.807) is 11.7 Å². The number of benzene rings is 1. The predicted octanol–water partition coefficient (Wildman–Crippen LogP) is 2.99. The van der Waals surface area contributed by atoms with Gasteiger partial charge < -0.3 is 5.32 Å². The molecule has 0 radical (unpaired) electrons. The van der Waals surface area contributed by atoms with E-state index in [0.29, 0.717) is 15.7 Å². The Morgan fingerprint density at radius 2 is 2.00 bits per heavy atom. The number of hydrogen-bond donors (Lipinski definition) is 1. The van der Waals surface area contributed by atoms with Gasteiger partial charge in [-0.3, -0.25) is 9.78 Å². The van der Waals surface area contributed by atoms with Crippen LogP contribution in [0, 0.1) is 5.41 Å². The summed E-state index contributed by atoms with van der Waals surface area (Å²) in [7, 11) is 0. The fraction of sp³-hybridized carbons (Fsp3) is 0.375. The van der Waals surface area contributed by atoms with Gasteiger partial charge in [-0.1, -0.05) is 30.3 Å². The Balaban J connectivity index is 1.35. The van der Waals surface area contributed by atoms with Crippen LogP contribution in [0.15, 0.2) is 42.0 Å². The minimum absolute atomic E-state index is 0.0194. The van der Waals surface area contributed by atoms with Crippen molar-refractivity contribution in [3.05, 3.63) is 52.5 Å². The van der Waals surface area contributed by atoms with Crippen molar-refractivity contribution in [3.8, 4) is 0 Å². The molecule has 2 aromatic rings. The van der Waals surface area contributed by atoms with Gasteiger partial charge in [-0.15, -0.1) is 11.3 Å². The third-order valence-corrected chi connectivity index (χ3v) is 5.58. The van der Waals surface area contributed by atoms with Gasteiger partial charge in [0, 0.05) is 6.54 Å². The number of carbonyl (C=O) groups is 1. The summed E-state index contributed by atoms with van der Waals surface area (Å²) in [6, 6.07) is 10.8. The lowest BCUT2D eigenvalue weighted by Gasteiger charge is -2.71. The summed E-state index contributed by atoms with van der Waals surface area (Å²) in [6.45, 7) is 0.804. The van der Waals surface area contributed by atoms with Gasteiger partial charge in [0.1, 0.15) is 4.88 Å². The highest BCUT2D eigenvalue weighted by molar-refractivity contribution is 7.11. The molecule has 102 valence electrons. The second-order valence-electron chi connectivity index (χ2n) is 6.23. The number of aromatic nitrogens is 1. The molecule has 3 aliphatic carbocycles. The van der Waals surface area contributed by atoms with Gasteiger partial charge in [0.15, 0.2) is 0 Å². The monoisotopic (exact) mass is 284 g/mol. The van der Waals surface area contributed by atoms with Gasteiger partial charge in [0.05, 0.1) is 11.7 Å². The van der Waals surface area contributed by atoms with Gasteiger partial charge in [-0.25, -0.2) is 0 Å². The molecule has 0 atom stereocenters. The fourth-order valence-corrected chi connectivity index (χ4v) is 4.50. The Morgan fingerprint density at radius 1 is 1.25 bits per heavy atom. The van der Waals surface area contributed by atoms with Crippen LogP contribution in [0.25, 0.3) is 0 Å². The van der Waals surface area contributed by atoms with Crippen molar-refractivity contribution in [1.82, 2.24) is 10.3 Å². The Labute approximate surface area is 122 Å². The molecule has 1 aromatic carbocycles. The van der Waals surface area contributed by atoms with E-state index in [-0.39, 0.29) is 5.91 Å². The van der Waals surface area contributed by atoms with Crippen molar-refractivity contribution in [2.24, 2.45) is 5.41 Å². The summed E-state index contributed by atoms with van der Waals surface area (Å²) < 4.78 is 0. The first-order valence-corrected chi connectivity index (χ1v) is 7.82. The number of nitrogens with one attached hydrogen (secondary N) is 1. The van der Waals surface area contributed by atoms with E-state index in [0.717, 1.165) is 6.54 Å². The fourth-order valence-electron chi connectivity index (χ4n) is 3.97. The molecule has 0 aliphatic heterocycles. The average molecular weight is 284 g/mol. The molecule has 5 rings (SSSR count). The maximum atomic E-state index is 11.9. The Hall–Kier alpha value is -1.68. The van der Waals surface area contributed by atoms with Crippen LogP contribution in [0.4, 0.5) is 0 Å². The predicted molar refractivity (Wildman–Crippen MR) is 78.9 cm³/mol. The normalized spacial score (nSPS) is 30.2. The number of hydrogen-bond acceptors (Lipinski definition) is 3. The molecule has 3 saturated carbocycles. The van der Waals surface area contributed by atoms with Crippen LogP contribution in [-0.4, -0.2) is 17.4 Å². The van der Waals surface area contributed by atoms with E-state index in [2.05, 4.69) is 40.6 Å². The molecule has 3 fully saturated rings. The summed E-state index contributed by atoms with van der Waals surface area (Å²) >= 11 is 1.39. The Kier molecular flexibility index (Phi) is 2.51. The Morgan fingerprint density at radius 3 is 2.65 bits per heavy atom. The molecule has 0 spiro atoms. The quantitative estimate of drug-likeness (QED) is 0.937. The van der Waals surface area contributed by atoms with E-state index in [1.807, 2.05) is 0 Å². The topological polar surface area (TPSA) is 42.0 Å². The molecule has 0 saturated heterocycles. The lowest BCUT2D eigenvalue weighted by molar-refractivity contribution is -0.136.